The Morgan fingerprint density at radius 1 is 0.933 bits per heavy atom. The van der Waals surface area contributed by atoms with Gasteiger partial charge in [-0.15, -0.1) is 23.5 Å². The van der Waals surface area contributed by atoms with E-state index >= 15 is 0 Å². The van der Waals surface area contributed by atoms with Crippen molar-refractivity contribution in [1.82, 2.24) is 0 Å². The largest absolute Gasteiger partial charge is 0.395 e. The van der Waals surface area contributed by atoms with E-state index in [9.17, 15) is 10.2 Å². The monoisotopic (exact) mass is 242 g/mol. The van der Waals surface area contributed by atoms with Crippen LogP contribution in [0, 0.1) is 0 Å². The second kappa shape index (κ2) is 5.25. The summed E-state index contributed by atoms with van der Waals surface area (Å²) in [5.41, 5.74) is 1.27. The second-order valence-electron chi connectivity index (χ2n) is 3.46. The Bertz CT molecular complexity index is 293. The predicted octanol–water partition coefficient (Wildman–Crippen LogP) is 1.89. The summed E-state index contributed by atoms with van der Waals surface area (Å²) in [6.45, 7) is 0.290. The van der Waals surface area contributed by atoms with Crippen molar-refractivity contribution in [2.45, 2.75) is 15.1 Å². The lowest BCUT2D eigenvalue weighted by Crippen LogP contribution is -2.22. The fourth-order valence-electron chi connectivity index (χ4n) is 1.61. The van der Waals surface area contributed by atoms with Crippen LogP contribution in [-0.4, -0.2) is 33.9 Å². The van der Waals surface area contributed by atoms with Crippen molar-refractivity contribution in [3.8, 4) is 0 Å². The lowest BCUT2D eigenvalue weighted by Gasteiger charge is -2.10. The average molecular weight is 242 g/mol. The van der Waals surface area contributed by atoms with Gasteiger partial charge in [-0.1, -0.05) is 30.3 Å². The molecule has 1 aromatic rings. The van der Waals surface area contributed by atoms with Crippen LogP contribution in [0.15, 0.2) is 30.3 Å². The standard InChI is InChI=1S/C11H14O2S2/c12-6-9-10(7-13)15-11(14-9)8-4-2-1-3-5-8/h1-5,9-13H,6-7H2. The van der Waals surface area contributed by atoms with Crippen LogP contribution in [0.25, 0.3) is 0 Å². The fraction of sp³-hybridized carbons (Fsp3) is 0.455. The Labute approximate surface area is 98.1 Å². The van der Waals surface area contributed by atoms with Crippen molar-refractivity contribution < 1.29 is 10.2 Å². The first-order chi connectivity index (χ1) is 7.35. The zero-order valence-corrected chi connectivity index (χ0v) is 9.88. The molecule has 2 unspecified atom stereocenters. The Morgan fingerprint density at radius 3 is 1.93 bits per heavy atom. The zero-order chi connectivity index (χ0) is 10.7. The molecule has 1 saturated heterocycles. The van der Waals surface area contributed by atoms with E-state index in [0.717, 1.165) is 0 Å². The van der Waals surface area contributed by atoms with Crippen molar-refractivity contribution in [3.63, 3.8) is 0 Å². The Morgan fingerprint density at radius 2 is 1.47 bits per heavy atom. The van der Waals surface area contributed by atoms with Crippen molar-refractivity contribution in [2.75, 3.05) is 13.2 Å². The molecule has 82 valence electrons. The third kappa shape index (κ3) is 2.50. The topological polar surface area (TPSA) is 40.5 Å². The first-order valence-electron chi connectivity index (χ1n) is 4.92. The number of aliphatic hydroxyl groups is 2. The Balaban J connectivity index is 2.08. The summed E-state index contributed by atoms with van der Waals surface area (Å²) in [4.78, 5) is 0. The van der Waals surface area contributed by atoms with E-state index in [-0.39, 0.29) is 23.7 Å². The summed E-state index contributed by atoms with van der Waals surface area (Å²) < 4.78 is 0.348. The quantitative estimate of drug-likeness (QED) is 0.849. The number of benzene rings is 1. The van der Waals surface area contributed by atoms with Crippen molar-refractivity contribution in [1.29, 1.82) is 0 Å². The van der Waals surface area contributed by atoms with Gasteiger partial charge in [0.2, 0.25) is 0 Å². The summed E-state index contributed by atoms with van der Waals surface area (Å²) >= 11 is 3.50. The molecule has 0 aromatic heterocycles. The van der Waals surface area contributed by atoms with Gasteiger partial charge in [0.05, 0.1) is 17.8 Å². The van der Waals surface area contributed by atoms with Gasteiger partial charge in [-0.2, -0.15) is 0 Å². The molecule has 2 rings (SSSR count). The molecule has 15 heavy (non-hydrogen) atoms. The molecule has 0 spiro atoms. The van der Waals surface area contributed by atoms with E-state index in [0.29, 0.717) is 4.58 Å². The minimum Gasteiger partial charge on any atom is -0.395 e. The van der Waals surface area contributed by atoms with Crippen molar-refractivity contribution >= 4 is 23.5 Å². The van der Waals surface area contributed by atoms with Crippen LogP contribution >= 0.6 is 23.5 Å². The second-order valence-corrected chi connectivity index (χ2v) is 6.45. The van der Waals surface area contributed by atoms with E-state index in [1.54, 1.807) is 23.5 Å². The van der Waals surface area contributed by atoms with Gasteiger partial charge in [0, 0.05) is 10.5 Å². The van der Waals surface area contributed by atoms with Gasteiger partial charge in [0.1, 0.15) is 0 Å². The lowest BCUT2D eigenvalue weighted by atomic mass is 10.2. The highest BCUT2D eigenvalue weighted by Crippen LogP contribution is 2.52. The van der Waals surface area contributed by atoms with Gasteiger partial charge >= 0.3 is 0 Å². The molecule has 2 N–H and O–H groups in total. The van der Waals surface area contributed by atoms with Crippen molar-refractivity contribution in [3.05, 3.63) is 35.9 Å². The first-order valence-corrected chi connectivity index (χ1v) is 6.81. The molecule has 0 aliphatic carbocycles. The molecule has 0 amide bonds. The summed E-state index contributed by atoms with van der Waals surface area (Å²) in [5.74, 6) is 0. The molecule has 0 saturated carbocycles. The number of hydrogen-bond acceptors (Lipinski definition) is 4. The molecule has 0 radical (unpaired) electrons. The minimum atomic E-state index is 0.145. The van der Waals surface area contributed by atoms with Gasteiger partial charge in [-0.3, -0.25) is 0 Å². The van der Waals surface area contributed by atoms with Crippen LogP contribution in [0.1, 0.15) is 10.1 Å². The van der Waals surface area contributed by atoms with Gasteiger partial charge in [0.15, 0.2) is 0 Å². The van der Waals surface area contributed by atoms with Gasteiger partial charge in [-0.25, -0.2) is 0 Å². The number of rotatable bonds is 3. The summed E-state index contributed by atoms with van der Waals surface area (Å²) in [6.07, 6.45) is 0. The van der Waals surface area contributed by atoms with Gasteiger partial charge in [-0.05, 0) is 5.56 Å². The maximum absolute atomic E-state index is 9.19. The predicted molar refractivity (Wildman–Crippen MR) is 66.1 cm³/mol. The molecule has 2 atom stereocenters. The Kier molecular flexibility index (Phi) is 3.97. The normalized spacial score (nSPS) is 30.7. The molecule has 1 aliphatic rings. The third-order valence-electron chi connectivity index (χ3n) is 2.44. The maximum atomic E-state index is 9.19. The Hall–Kier alpha value is -0.160. The zero-order valence-electron chi connectivity index (χ0n) is 8.24. The van der Waals surface area contributed by atoms with Crippen LogP contribution in [0.2, 0.25) is 0 Å². The SMILES string of the molecule is OCC1SC(c2ccccc2)SC1CO. The number of aliphatic hydroxyl groups excluding tert-OH is 2. The van der Waals surface area contributed by atoms with Gasteiger partial charge in [0.25, 0.3) is 0 Å². The van der Waals surface area contributed by atoms with E-state index in [4.69, 9.17) is 0 Å². The lowest BCUT2D eigenvalue weighted by molar-refractivity contribution is 0.254. The third-order valence-corrected chi connectivity index (χ3v) is 5.98. The summed E-state index contributed by atoms with van der Waals surface area (Å²) in [5, 5.41) is 18.7. The fourth-order valence-corrected chi connectivity index (χ4v) is 5.07. The van der Waals surface area contributed by atoms with Crippen LogP contribution < -0.4 is 0 Å². The molecule has 1 heterocycles. The minimum absolute atomic E-state index is 0.145. The van der Waals surface area contributed by atoms with Crippen molar-refractivity contribution in [2.24, 2.45) is 0 Å². The summed E-state index contributed by atoms with van der Waals surface area (Å²) in [6, 6.07) is 10.2. The first kappa shape index (κ1) is 11.3. The summed E-state index contributed by atoms with van der Waals surface area (Å²) in [7, 11) is 0. The van der Waals surface area contributed by atoms with E-state index < -0.39 is 0 Å². The molecule has 1 fully saturated rings. The highest BCUT2D eigenvalue weighted by atomic mass is 32.2. The smallest absolute Gasteiger partial charge is 0.0759 e. The average Bonchev–Trinajstić information content (AvgIpc) is 2.73. The molecule has 2 nitrogen and oxygen atoms in total. The molecule has 1 aliphatic heterocycles. The number of hydrogen-bond donors (Lipinski definition) is 2. The van der Waals surface area contributed by atoms with Crippen LogP contribution in [0.5, 0.6) is 0 Å². The maximum Gasteiger partial charge on any atom is 0.0759 e. The molecular formula is C11H14O2S2. The molecular weight excluding hydrogens is 228 g/mol. The van der Waals surface area contributed by atoms with Gasteiger partial charge < -0.3 is 10.2 Å². The molecule has 0 bridgehead atoms. The van der Waals surface area contributed by atoms with Crippen LogP contribution in [0.3, 0.4) is 0 Å². The molecule has 1 aromatic carbocycles. The molecule has 4 heteroatoms. The van der Waals surface area contributed by atoms with Crippen LogP contribution in [0.4, 0.5) is 0 Å². The highest BCUT2D eigenvalue weighted by Gasteiger charge is 2.35. The van der Waals surface area contributed by atoms with E-state index in [2.05, 4.69) is 12.1 Å². The van der Waals surface area contributed by atoms with E-state index in [1.165, 1.54) is 5.56 Å². The van der Waals surface area contributed by atoms with E-state index in [1.807, 2.05) is 18.2 Å². The highest BCUT2D eigenvalue weighted by molar-refractivity contribution is 8.20. The van der Waals surface area contributed by atoms with Crippen LogP contribution in [-0.2, 0) is 0 Å². The number of thioether (sulfide) groups is 2.